The average Bonchev–Trinajstić information content (AvgIpc) is 3.15. The molecule has 0 spiro atoms. The molecule has 2 aromatic carbocycles. The highest BCUT2D eigenvalue weighted by atomic mass is 16.6. The number of carbonyl (C=O) groups excluding carboxylic acids is 2. The normalized spacial score (nSPS) is 28.2. The number of amides is 1. The summed E-state index contributed by atoms with van der Waals surface area (Å²) in [5, 5.41) is 12.0. The fraction of sp³-hybridized carbons (Fsp3) is 0.483. The molecule has 1 amide bonds. The molecule has 7 heteroatoms. The Labute approximate surface area is 210 Å². The minimum Gasteiger partial charge on any atom is -0.480 e. The van der Waals surface area contributed by atoms with Crippen LogP contribution < -0.4 is 5.32 Å². The molecular weight excluding hydrogens is 458 g/mol. The molecular formula is C29H31NO6. The fourth-order valence-corrected chi connectivity index (χ4v) is 7.59. The lowest BCUT2D eigenvalue weighted by molar-refractivity contribution is -0.187. The minimum absolute atomic E-state index is 0.0733. The number of hydrogen-bond acceptors (Lipinski definition) is 5. The van der Waals surface area contributed by atoms with E-state index in [0.717, 1.165) is 41.5 Å². The molecule has 4 bridgehead atoms. The van der Waals surface area contributed by atoms with Crippen LogP contribution in [0.15, 0.2) is 48.5 Å². The minimum atomic E-state index is -1.40. The molecule has 4 fully saturated rings. The predicted molar refractivity (Wildman–Crippen MR) is 131 cm³/mol. The fourth-order valence-electron chi connectivity index (χ4n) is 7.59. The first-order chi connectivity index (χ1) is 17.4. The first-order valence-corrected chi connectivity index (χ1v) is 13.0. The van der Waals surface area contributed by atoms with Crippen LogP contribution in [0.5, 0.6) is 0 Å². The summed E-state index contributed by atoms with van der Waals surface area (Å²) in [4.78, 5) is 37.2. The summed E-state index contributed by atoms with van der Waals surface area (Å²) in [6, 6.07) is 14.6. The summed E-state index contributed by atoms with van der Waals surface area (Å²) in [5.41, 5.74) is 3.91. The third-order valence-corrected chi connectivity index (χ3v) is 8.62. The Bertz CT molecular complexity index is 1120. The van der Waals surface area contributed by atoms with Gasteiger partial charge in [0.25, 0.3) is 0 Å². The first-order valence-electron chi connectivity index (χ1n) is 13.0. The number of hydrogen-bond donors (Lipinski definition) is 2. The lowest BCUT2D eigenvalue weighted by atomic mass is 9.54. The standard InChI is InChI=1S/C29H31NO6/c31-26(36-29-13-17-9-18(14-29)11-19(10-17)15-29)12-25(27(32)33)30-28(34)35-16-24-22-7-3-1-5-20(22)21-6-2-4-8-23(21)24/h1-8,17-19,24-25H,9-16H2,(H,30,34)(H,32,33)/t17?,18?,19?,25-,29?/m1/s1. The van der Waals surface area contributed by atoms with E-state index in [1.54, 1.807) is 0 Å². The van der Waals surface area contributed by atoms with Crippen LogP contribution in [0, 0.1) is 17.8 Å². The van der Waals surface area contributed by atoms with Gasteiger partial charge in [0.2, 0.25) is 0 Å². The van der Waals surface area contributed by atoms with E-state index >= 15 is 0 Å². The number of fused-ring (bicyclic) bond motifs is 3. The largest absolute Gasteiger partial charge is 0.480 e. The van der Waals surface area contributed by atoms with Gasteiger partial charge in [0.05, 0.1) is 6.42 Å². The van der Waals surface area contributed by atoms with Crippen LogP contribution in [-0.2, 0) is 19.1 Å². The van der Waals surface area contributed by atoms with Gasteiger partial charge >= 0.3 is 18.0 Å². The van der Waals surface area contributed by atoms with E-state index in [0.29, 0.717) is 17.8 Å². The summed E-state index contributed by atoms with van der Waals surface area (Å²) in [7, 11) is 0. The van der Waals surface area contributed by atoms with Crippen molar-refractivity contribution in [2.24, 2.45) is 17.8 Å². The van der Waals surface area contributed by atoms with Crippen LogP contribution in [0.2, 0.25) is 0 Å². The van der Waals surface area contributed by atoms with Gasteiger partial charge in [0.1, 0.15) is 18.2 Å². The van der Waals surface area contributed by atoms with Crippen molar-refractivity contribution in [2.45, 2.75) is 62.5 Å². The Kier molecular flexibility index (Phi) is 5.73. The van der Waals surface area contributed by atoms with Crippen molar-refractivity contribution in [1.29, 1.82) is 0 Å². The van der Waals surface area contributed by atoms with Crippen molar-refractivity contribution >= 4 is 18.0 Å². The van der Waals surface area contributed by atoms with Gasteiger partial charge < -0.3 is 19.9 Å². The Morgan fingerprint density at radius 3 is 1.94 bits per heavy atom. The molecule has 2 aromatic rings. The number of ether oxygens (including phenoxy) is 2. The third kappa shape index (κ3) is 4.25. The number of nitrogens with one attached hydrogen (secondary N) is 1. The molecule has 0 radical (unpaired) electrons. The molecule has 5 aliphatic carbocycles. The maximum absolute atomic E-state index is 12.8. The SMILES string of the molecule is O=C(C[C@@H](NC(=O)OCC1c2ccccc2-c2ccccc21)C(=O)O)OC12CC3CC(CC(C3)C1)C2. The third-order valence-electron chi connectivity index (χ3n) is 8.62. The number of alkyl carbamates (subject to hydrolysis) is 1. The van der Waals surface area contributed by atoms with Crippen LogP contribution >= 0.6 is 0 Å². The second-order valence-electron chi connectivity index (χ2n) is 11.1. The van der Waals surface area contributed by atoms with Crippen LogP contribution in [0.4, 0.5) is 4.79 Å². The summed E-state index contributed by atoms with van der Waals surface area (Å²) in [6.45, 7) is 0.0733. The number of carboxylic acid groups (broad SMARTS) is 1. The number of esters is 1. The summed E-state index contributed by atoms with van der Waals surface area (Å²) in [5.74, 6) is -0.156. The molecule has 0 heterocycles. The maximum atomic E-state index is 12.8. The van der Waals surface area contributed by atoms with Crippen LogP contribution in [-0.4, -0.2) is 41.4 Å². The summed E-state index contributed by atoms with van der Waals surface area (Å²) in [6.07, 6.45) is 5.02. The molecule has 2 N–H and O–H groups in total. The van der Waals surface area contributed by atoms with E-state index in [4.69, 9.17) is 9.47 Å². The lowest BCUT2D eigenvalue weighted by Gasteiger charge is -2.55. The first kappa shape index (κ1) is 23.1. The Balaban J connectivity index is 1.07. The molecule has 0 aromatic heterocycles. The molecule has 0 saturated heterocycles. The molecule has 7 rings (SSSR count). The molecule has 7 nitrogen and oxygen atoms in total. The molecule has 5 aliphatic rings. The smallest absolute Gasteiger partial charge is 0.407 e. The molecule has 1 atom stereocenters. The number of carbonyl (C=O) groups is 3. The van der Waals surface area contributed by atoms with Crippen molar-refractivity contribution < 1.29 is 29.0 Å². The number of rotatable bonds is 7. The average molecular weight is 490 g/mol. The molecule has 0 aliphatic heterocycles. The van der Waals surface area contributed by atoms with Gasteiger partial charge in [0, 0.05) is 5.92 Å². The highest BCUT2D eigenvalue weighted by Crippen LogP contribution is 2.57. The van der Waals surface area contributed by atoms with Gasteiger partial charge in [-0.3, -0.25) is 4.79 Å². The zero-order valence-corrected chi connectivity index (χ0v) is 20.2. The predicted octanol–water partition coefficient (Wildman–Crippen LogP) is 4.88. The van der Waals surface area contributed by atoms with Crippen LogP contribution in [0.3, 0.4) is 0 Å². The second-order valence-corrected chi connectivity index (χ2v) is 11.1. The quantitative estimate of drug-likeness (QED) is 0.538. The molecule has 0 unspecified atom stereocenters. The van der Waals surface area contributed by atoms with Gasteiger partial charge in [-0.25, -0.2) is 9.59 Å². The Hall–Kier alpha value is -3.35. The lowest BCUT2D eigenvalue weighted by Crippen LogP contribution is -2.53. The van der Waals surface area contributed by atoms with Gasteiger partial charge in [-0.15, -0.1) is 0 Å². The van der Waals surface area contributed by atoms with Gasteiger partial charge in [-0.05, 0) is 78.5 Å². The Morgan fingerprint density at radius 2 is 1.42 bits per heavy atom. The van der Waals surface area contributed by atoms with Crippen LogP contribution in [0.1, 0.15) is 62.0 Å². The summed E-state index contributed by atoms with van der Waals surface area (Å²) >= 11 is 0. The Morgan fingerprint density at radius 1 is 0.889 bits per heavy atom. The van der Waals surface area contributed by atoms with Crippen LogP contribution in [0.25, 0.3) is 11.1 Å². The second kappa shape index (κ2) is 8.95. The maximum Gasteiger partial charge on any atom is 0.407 e. The monoisotopic (exact) mass is 489 g/mol. The van der Waals surface area contributed by atoms with Gasteiger partial charge in [-0.1, -0.05) is 48.5 Å². The van der Waals surface area contributed by atoms with Crippen molar-refractivity contribution in [3.63, 3.8) is 0 Å². The zero-order valence-electron chi connectivity index (χ0n) is 20.2. The van der Waals surface area contributed by atoms with E-state index in [9.17, 15) is 19.5 Å². The van der Waals surface area contributed by atoms with Gasteiger partial charge in [-0.2, -0.15) is 0 Å². The van der Waals surface area contributed by atoms with E-state index in [2.05, 4.69) is 5.32 Å². The highest BCUT2D eigenvalue weighted by molar-refractivity contribution is 5.85. The topological polar surface area (TPSA) is 102 Å². The van der Waals surface area contributed by atoms with Gasteiger partial charge in [0.15, 0.2) is 0 Å². The molecule has 36 heavy (non-hydrogen) atoms. The van der Waals surface area contributed by atoms with Crippen molar-refractivity contribution in [1.82, 2.24) is 5.32 Å². The van der Waals surface area contributed by atoms with E-state index in [1.165, 1.54) is 19.3 Å². The number of carboxylic acids is 1. The highest BCUT2D eigenvalue weighted by Gasteiger charge is 2.53. The van der Waals surface area contributed by atoms with Crippen molar-refractivity contribution in [2.75, 3.05) is 6.61 Å². The number of aliphatic carboxylic acids is 1. The van der Waals surface area contributed by atoms with E-state index in [-0.39, 0.29) is 12.5 Å². The zero-order chi connectivity index (χ0) is 24.9. The molecule has 4 saturated carbocycles. The number of benzene rings is 2. The van der Waals surface area contributed by atoms with E-state index in [1.807, 2.05) is 48.5 Å². The van der Waals surface area contributed by atoms with E-state index < -0.39 is 36.1 Å². The van der Waals surface area contributed by atoms with Crippen molar-refractivity contribution in [3.8, 4) is 11.1 Å². The van der Waals surface area contributed by atoms with Crippen molar-refractivity contribution in [3.05, 3.63) is 59.7 Å². The summed E-state index contributed by atoms with van der Waals surface area (Å²) < 4.78 is 11.4. The molecule has 188 valence electrons.